The molecule has 132 valence electrons. The summed E-state index contributed by atoms with van der Waals surface area (Å²) in [5, 5.41) is 1.19. The summed E-state index contributed by atoms with van der Waals surface area (Å²) < 4.78 is 8.95. The number of aryl methyl sites for hydroxylation is 2. The molecule has 0 radical (unpaired) electrons. The summed E-state index contributed by atoms with van der Waals surface area (Å²) in [5.74, 6) is 0. The van der Waals surface area contributed by atoms with Crippen molar-refractivity contribution in [1.82, 2.24) is 14.1 Å². The van der Waals surface area contributed by atoms with Crippen LogP contribution in [0.3, 0.4) is 0 Å². The van der Waals surface area contributed by atoms with Crippen molar-refractivity contribution in [3.8, 4) is 0 Å². The maximum absolute atomic E-state index is 10.7. The molecule has 0 saturated heterocycles. The van der Waals surface area contributed by atoms with Gasteiger partial charge in [0.1, 0.15) is 0 Å². The number of aromatic nitrogens is 3. The van der Waals surface area contributed by atoms with Gasteiger partial charge in [0.15, 0.2) is 0 Å². The number of nitrogens with two attached hydrogens (primary N) is 2. The molecule has 2 heterocycles. The summed E-state index contributed by atoms with van der Waals surface area (Å²) >= 11 is 0. The highest BCUT2D eigenvalue weighted by Crippen LogP contribution is 2.25. The first kappa shape index (κ1) is 17.0. The maximum Gasteiger partial charge on any atom is 0.404 e. The van der Waals surface area contributed by atoms with Crippen LogP contribution in [-0.4, -0.2) is 26.8 Å². The fourth-order valence-corrected chi connectivity index (χ4v) is 3.03. The van der Waals surface area contributed by atoms with Gasteiger partial charge in [0.05, 0.1) is 25.2 Å². The Morgan fingerprint density at radius 1 is 1.32 bits per heavy atom. The van der Waals surface area contributed by atoms with Crippen LogP contribution >= 0.6 is 0 Å². The van der Waals surface area contributed by atoms with Crippen LogP contribution in [0.15, 0.2) is 36.9 Å². The molecule has 3 rings (SSSR count). The van der Waals surface area contributed by atoms with Crippen molar-refractivity contribution in [2.75, 3.05) is 6.61 Å². The lowest BCUT2D eigenvalue weighted by Crippen LogP contribution is -2.13. The minimum atomic E-state index is -0.731. The molecule has 2 aromatic heterocycles. The Hall–Kier alpha value is -2.80. The number of amides is 1. The van der Waals surface area contributed by atoms with E-state index in [2.05, 4.69) is 33.9 Å². The maximum atomic E-state index is 10.7. The van der Waals surface area contributed by atoms with Crippen LogP contribution < -0.4 is 11.5 Å². The normalized spacial score (nSPS) is 11.1. The summed E-state index contributed by atoms with van der Waals surface area (Å²) in [7, 11) is 1.96. The summed E-state index contributed by atoms with van der Waals surface area (Å²) in [4.78, 5) is 15.1. The molecule has 0 spiro atoms. The van der Waals surface area contributed by atoms with Crippen molar-refractivity contribution < 1.29 is 9.53 Å². The molecule has 7 heteroatoms. The lowest BCUT2D eigenvalue weighted by Gasteiger charge is -2.04. The zero-order valence-corrected chi connectivity index (χ0v) is 14.3. The second-order valence-corrected chi connectivity index (χ2v) is 6.14. The van der Waals surface area contributed by atoms with E-state index in [1.54, 1.807) is 6.33 Å². The average molecular weight is 341 g/mol. The van der Waals surface area contributed by atoms with Gasteiger partial charge >= 0.3 is 6.09 Å². The number of carbonyl (C=O) groups excluding carboxylic acids is 1. The second kappa shape index (κ2) is 7.40. The van der Waals surface area contributed by atoms with E-state index in [0.29, 0.717) is 19.7 Å². The fraction of sp³-hybridized carbons (Fsp3) is 0.333. The summed E-state index contributed by atoms with van der Waals surface area (Å²) in [5.41, 5.74) is 15.2. The molecule has 0 aliphatic carbocycles. The van der Waals surface area contributed by atoms with Crippen molar-refractivity contribution >= 4 is 17.0 Å². The van der Waals surface area contributed by atoms with Gasteiger partial charge in [-0.15, -0.1) is 0 Å². The van der Waals surface area contributed by atoms with Crippen molar-refractivity contribution in [2.24, 2.45) is 18.5 Å². The average Bonchev–Trinajstić information content (AvgIpc) is 3.15. The molecule has 1 aromatic carbocycles. The van der Waals surface area contributed by atoms with E-state index in [4.69, 9.17) is 16.2 Å². The quantitative estimate of drug-likeness (QED) is 0.641. The Kier molecular flexibility index (Phi) is 5.04. The summed E-state index contributed by atoms with van der Waals surface area (Å²) in [6.45, 7) is 1.53. The van der Waals surface area contributed by atoms with E-state index < -0.39 is 6.09 Å². The molecule has 4 N–H and O–H groups in total. The topological polar surface area (TPSA) is 101 Å². The van der Waals surface area contributed by atoms with E-state index in [1.165, 1.54) is 10.9 Å². The second-order valence-electron chi connectivity index (χ2n) is 6.14. The lowest BCUT2D eigenvalue weighted by molar-refractivity contribution is 0.155. The highest BCUT2D eigenvalue weighted by Gasteiger charge is 2.11. The standard InChI is InChI=1S/C18H23N5O2/c1-22-10-15(21-12-22)11-23-9-14(3-2-6-25-18(20)24)16-5-4-13(8-19)7-17(16)23/h4-5,7,9-10,12H,2-3,6,8,11,19H2,1H3,(H2,20,24). The summed E-state index contributed by atoms with van der Waals surface area (Å²) in [6, 6.07) is 6.29. The van der Waals surface area contributed by atoms with Gasteiger partial charge < -0.3 is 25.3 Å². The lowest BCUT2D eigenvalue weighted by atomic mass is 10.1. The van der Waals surface area contributed by atoms with Gasteiger partial charge in [-0.25, -0.2) is 9.78 Å². The monoisotopic (exact) mass is 341 g/mol. The molecular weight excluding hydrogens is 318 g/mol. The van der Waals surface area contributed by atoms with Crippen LogP contribution in [0.4, 0.5) is 4.79 Å². The number of imidazole rings is 1. The van der Waals surface area contributed by atoms with Crippen LogP contribution in [0.25, 0.3) is 10.9 Å². The van der Waals surface area contributed by atoms with Gasteiger partial charge in [-0.3, -0.25) is 0 Å². The van der Waals surface area contributed by atoms with Gasteiger partial charge in [-0.05, 0) is 30.0 Å². The first-order valence-electron chi connectivity index (χ1n) is 8.26. The molecule has 0 unspecified atom stereocenters. The smallest absolute Gasteiger partial charge is 0.404 e. The molecule has 7 nitrogen and oxygen atoms in total. The molecule has 25 heavy (non-hydrogen) atoms. The van der Waals surface area contributed by atoms with Gasteiger partial charge in [0, 0.05) is 36.9 Å². The number of fused-ring (bicyclic) bond motifs is 1. The molecule has 0 saturated carbocycles. The van der Waals surface area contributed by atoms with Crippen LogP contribution in [0.1, 0.15) is 23.2 Å². The third kappa shape index (κ3) is 4.00. The predicted octanol–water partition coefficient (Wildman–Crippen LogP) is 1.91. The van der Waals surface area contributed by atoms with E-state index in [1.807, 2.05) is 17.8 Å². The van der Waals surface area contributed by atoms with E-state index in [9.17, 15) is 4.79 Å². The Bertz CT molecular complexity index is 881. The highest BCUT2D eigenvalue weighted by molar-refractivity contribution is 5.84. The molecule has 0 aliphatic heterocycles. The van der Waals surface area contributed by atoms with Crippen molar-refractivity contribution in [3.05, 3.63) is 53.7 Å². The number of hydrogen-bond donors (Lipinski definition) is 2. The summed E-state index contributed by atoms with van der Waals surface area (Å²) in [6.07, 6.45) is 6.76. The minimum Gasteiger partial charge on any atom is -0.450 e. The van der Waals surface area contributed by atoms with Crippen LogP contribution in [0, 0.1) is 0 Å². The number of carbonyl (C=O) groups is 1. The number of hydrogen-bond acceptors (Lipinski definition) is 4. The Morgan fingerprint density at radius 2 is 2.16 bits per heavy atom. The Balaban J connectivity index is 1.87. The van der Waals surface area contributed by atoms with Gasteiger partial charge in [0.25, 0.3) is 0 Å². The van der Waals surface area contributed by atoms with Crippen molar-refractivity contribution in [2.45, 2.75) is 25.9 Å². The molecule has 3 aromatic rings. The van der Waals surface area contributed by atoms with Gasteiger partial charge in [-0.1, -0.05) is 12.1 Å². The fourth-order valence-electron chi connectivity index (χ4n) is 3.03. The zero-order chi connectivity index (χ0) is 17.8. The molecular formula is C18H23N5O2. The van der Waals surface area contributed by atoms with Gasteiger partial charge in [0.2, 0.25) is 0 Å². The third-order valence-electron chi connectivity index (χ3n) is 4.19. The third-order valence-corrected chi connectivity index (χ3v) is 4.19. The zero-order valence-electron chi connectivity index (χ0n) is 14.3. The van der Waals surface area contributed by atoms with Crippen molar-refractivity contribution in [3.63, 3.8) is 0 Å². The first-order chi connectivity index (χ1) is 12.1. The number of rotatable bonds is 7. The number of primary amides is 1. The Morgan fingerprint density at radius 3 is 2.84 bits per heavy atom. The number of nitrogens with zero attached hydrogens (tertiary/aromatic N) is 3. The molecule has 0 atom stereocenters. The molecule has 0 aliphatic rings. The minimum absolute atomic E-state index is 0.323. The number of ether oxygens (including phenoxy) is 1. The molecule has 0 fully saturated rings. The van der Waals surface area contributed by atoms with Crippen LogP contribution in [0.5, 0.6) is 0 Å². The largest absolute Gasteiger partial charge is 0.450 e. The molecule has 0 bridgehead atoms. The SMILES string of the molecule is Cn1cnc(Cn2cc(CCCOC(N)=O)c3ccc(CN)cc32)c1. The Labute approximate surface area is 146 Å². The predicted molar refractivity (Wildman–Crippen MR) is 96.0 cm³/mol. The van der Waals surface area contributed by atoms with E-state index in [-0.39, 0.29) is 0 Å². The van der Waals surface area contributed by atoms with Crippen LogP contribution in [0.2, 0.25) is 0 Å². The van der Waals surface area contributed by atoms with E-state index >= 15 is 0 Å². The van der Waals surface area contributed by atoms with E-state index in [0.717, 1.165) is 29.6 Å². The number of benzene rings is 1. The first-order valence-corrected chi connectivity index (χ1v) is 8.26. The highest BCUT2D eigenvalue weighted by atomic mass is 16.5. The van der Waals surface area contributed by atoms with Gasteiger partial charge in [-0.2, -0.15) is 0 Å². The van der Waals surface area contributed by atoms with Crippen LogP contribution in [-0.2, 0) is 31.3 Å². The molecule has 1 amide bonds. The van der Waals surface area contributed by atoms with Crippen molar-refractivity contribution in [1.29, 1.82) is 0 Å².